The van der Waals surface area contributed by atoms with E-state index in [1.807, 2.05) is 0 Å². The minimum atomic E-state index is -3.34. The van der Waals surface area contributed by atoms with Crippen molar-refractivity contribution in [3.8, 4) is 0 Å². The Kier molecular flexibility index (Phi) is 2.84. The van der Waals surface area contributed by atoms with Crippen LogP contribution in [0.1, 0.15) is 25.1 Å². The highest BCUT2D eigenvalue weighted by Gasteiger charge is 2.19. The first-order valence-electron chi connectivity index (χ1n) is 4.29. The van der Waals surface area contributed by atoms with Gasteiger partial charge in [0.05, 0.1) is 10.9 Å². The van der Waals surface area contributed by atoms with Crippen LogP contribution in [-0.2, 0) is 10.0 Å². The van der Waals surface area contributed by atoms with Crippen LogP contribution < -0.4 is 4.72 Å². The first-order valence-corrected chi connectivity index (χ1v) is 5.83. The van der Waals surface area contributed by atoms with Gasteiger partial charge in [-0.15, -0.1) is 0 Å². The van der Waals surface area contributed by atoms with Gasteiger partial charge in [-0.3, -0.25) is 4.72 Å². The van der Waals surface area contributed by atoms with Gasteiger partial charge in [0, 0.05) is 5.56 Å². The Hall–Kier alpha value is -1.04. The Labute approximate surface area is 83.5 Å². The highest BCUT2D eigenvalue weighted by molar-refractivity contribution is 7.93. The SMILES string of the molecule is Cc1noc(NS(=O)(=O)C(C)C)c1C. The number of aryl methyl sites for hydroxylation is 1. The van der Waals surface area contributed by atoms with E-state index in [9.17, 15) is 8.42 Å². The Morgan fingerprint density at radius 3 is 2.29 bits per heavy atom. The molecule has 0 aliphatic rings. The first kappa shape index (κ1) is 11.0. The number of sulfonamides is 1. The number of rotatable bonds is 3. The monoisotopic (exact) mass is 218 g/mol. The maximum atomic E-state index is 11.5. The molecule has 0 unspecified atom stereocenters. The molecule has 1 aromatic rings. The number of aromatic nitrogens is 1. The zero-order chi connectivity index (χ0) is 10.9. The lowest BCUT2D eigenvalue weighted by Crippen LogP contribution is -2.22. The van der Waals surface area contributed by atoms with Crippen LogP contribution >= 0.6 is 0 Å². The fourth-order valence-electron chi connectivity index (χ4n) is 0.758. The molecule has 1 rings (SSSR count). The molecule has 0 aliphatic heterocycles. The Morgan fingerprint density at radius 2 is 1.93 bits per heavy atom. The second kappa shape index (κ2) is 3.61. The molecule has 0 aromatic carbocycles. The highest BCUT2D eigenvalue weighted by atomic mass is 32.2. The maximum absolute atomic E-state index is 11.5. The molecule has 0 saturated carbocycles. The summed E-state index contributed by atoms with van der Waals surface area (Å²) < 4.78 is 30.1. The van der Waals surface area contributed by atoms with Gasteiger partial charge in [-0.1, -0.05) is 5.16 Å². The Morgan fingerprint density at radius 1 is 1.36 bits per heavy atom. The zero-order valence-corrected chi connectivity index (χ0v) is 9.47. The van der Waals surface area contributed by atoms with Gasteiger partial charge in [0.2, 0.25) is 15.9 Å². The van der Waals surface area contributed by atoms with Crippen LogP contribution in [0.25, 0.3) is 0 Å². The summed E-state index contributed by atoms with van der Waals surface area (Å²) in [7, 11) is -3.34. The molecule has 0 atom stereocenters. The van der Waals surface area contributed by atoms with Crippen LogP contribution in [0.5, 0.6) is 0 Å². The quantitative estimate of drug-likeness (QED) is 0.833. The van der Waals surface area contributed by atoms with Crippen molar-refractivity contribution in [3.05, 3.63) is 11.3 Å². The number of anilines is 1. The molecule has 1 aromatic heterocycles. The van der Waals surface area contributed by atoms with Gasteiger partial charge in [-0.2, -0.15) is 0 Å². The van der Waals surface area contributed by atoms with Crippen LogP contribution in [-0.4, -0.2) is 18.8 Å². The van der Waals surface area contributed by atoms with Crippen molar-refractivity contribution in [1.29, 1.82) is 0 Å². The minimum Gasteiger partial charge on any atom is -0.337 e. The minimum absolute atomic E-state index is 0.205. The smallest absolute Gasteiger partial charge is 0.241 e. The summed E-state index contributed by atoms with van der Waals surface area (Å²) in [5.74, 6) is 0.205. The summed E-state index contributed by atoms with van der Waals surface area (Å²) in [6.07, 6.45) is 0. The van der Waals surface area contributed by atoms with Crippen molar-refractivity contribution < 1.29 is 12.9 Å². The third-order valence-electron chi connectivity index (χ3n) is 2.01. The van der Waals surface area contributed by atoms with Crippen molar-refractivity contribution in [3.63, 3.8) is 0 Å². The lowest BCUT2D eigenvalue weighted by atomic mass is 10.3. The molecule has 1 N–H and O–H groups in total. The Balaban J connectivity index is 2.96. The second-order valence-corrected chi connectivity index (χ2v) is 5.65. The average Bonchev–Trinajstić information content (AvgIpc) is 2.35. The highest BCUT2D eigenvalue weighted by Crippen LogP contribution is 2.19. The molecule has 0 bridgehead atoms. The van der Waals surface area contributed by atoms with E-state index in [2.05, 4.69) is 9.88 Å². The van der Waals surface area contributed by atoms with E-state index in [0.29, 0.717) is 11.3 Å². The van der Waals surface area contributed by atoms with Crippen molar-refractivity contribution in [1.82, 2.24) is 5.16 Å². The molecule has 0 radical (unpaired) electrons. The summed E-state index contributed by atoms with van der Waals surface area (Å²) >= 11 is 0. The molecule has 80 valence electrons. The van der Waals surface area contributed by atoms with Crippen molar-refractivity contribution in [2.45, 2.75) is 32.9 Å². The van der Waals surface area contributed by atoms with E-state index in [-0.39, 0.29) is 5.88 Å². The second-order valence-electron chi connectivity index (χ2n) is 3.42. The first-order chi connectivity index (χ1) is 6.34. The molecule has 0 aliphatic carbocycles. The third-order valence-corrected chi connectivity index (χ3v) is 3.72. The van der Waals surface area contributed by atoms with E-state index in [1.54, 1.807) is 27.7 Å². The Bertz CT molecular complexity index is 420. The van der Waals surface area contributed by atoms with Crippen molar-refractivity contribution in [2.24, 2.45) is 0 Å². The summed E-state index contributed by atoms with van der Waals surface area (Å²) in [6, 6.07) is 0. The van der Waals surface area contributed by atoms with Crippen LogP contribution in [0.2, 0.25) is 0 Å². The lowest BCUT2D eigenvalue weighted by molar-refractivity contribution is 0.430. The van der Waals surface area contributed by atoms with Gasteiger partial charge in [-0.25, -0.2) is 8.42 Å². The largest absolute Gasteiger partial charge is 0.337 e. The summed E-state index contributed by atoms with van der Waals surface area (Å²) in [5.41, 5.74) is 1.40. The molecular weight excluding hydrogens is 204 g/mol. The predicted octanol–water partition coefficient (Wildman–Crippen LogP) is 1.44. The predicted molar refractivity (Wildman–Crippen MR) is 53.7 cm³/mol. The average molecular weight is 218 g/mol. The standard InChI is InChI=1S/C8H14N2O3S/c1-5(2)14(11,12)10-8-6(3)7(4)9-13-8/h5,10H,1-4H3. The topological polar surface area (TPSA) is 72.2 Å². The van der Waals surface area contributed by atoms with Gasteiger partial charge < -0.3 is 4.52 Å². The summed E-state index contributed by atoms with van der Waals surface area (Å²) in [6.45, 7) is 6.71. The molecular formula is C8H14N2O3S. The number of hydrogen-bond acceptors (Lipinski definition) is 4. The number of hydrogen-bond donors (Lipinski definition) is 1. The van der Waals surface area contributed by atoms with E-state index < -0.39 is 15.3 Å². The fraction of sp³-hybridized carbons (Fsp3) is 0.625. The van der Waals surface area contributed by atoms with Gasteiger partial charge in [0.15, 0.2) is 0 Å². The van der Waals surface area contributed by atoms with E-state index in [4.69, 9.17) is 4.52 Å². The third kappa shape index (κ3) is 2.06. The van der Waals surface area contributed by atoms with Gasteiger partial charge in [0.1, 0.15) is 0 Å². The summed E-state index contributed by atoms with van der Waals surface area (Å²) in [4.78, 5) is 0. The molecule has 0 amide bonds. The van der Waals surface area contributed by atoms with Crippen molar-refractivity contribution >= 4 is 15.9 Å². The molecule has 0 fully saturated rings. The van der Waals surface area contributed by atoms with Crippen LogP contribution in [0.4, 0.5) is 5.88 Å². The molecule has 0 spiro atoms. The normalized spacial score (nSPS) is 12.1. The van der Waals surface area contributed by atoms with Crippen LogP contribution in [0.15, 0.2) is 4.52 Å². The molecule has 5 nitrogen and oxygen atoms in total. The van der Waals surface area contributed by atoms with Gasteiger partial charge in [0.25, 0.3) is 0 Å². The summed E-state index contributed by atoms with van der Waals surface area (Å²) in [5, 5.41) is 3.16. The van der Waals surface area contributed by atoms with Gasteiger partial charge in [-0.05, 0) is 27.7 Å². The maximum Gasteiger partial charge on any atom is 0.241 e. The zero-order valence-electron chi connectivity index (χ0n) is 8.66. The van der Waals surface area contributed by atoms with E-state index >= 15 is 0 Å². The number of nitrogens with zero attached hydrogens (tertiary/aromatic N) is 1. The van der Waals surface area contributed by atoms with E-state index in [0.717, 1.165) is 0 Å². The molecule has 1 heterocycles. The van der Waals surface area contributed by atoms with Crippen molar-refractivity contribution in [2.75, 3.05) is 4.72 Å². The van der Waals surface area contributed by atoms with Gasteiger partial charge >= 0.3 is 0 Å². The number of nitrogens with one attached hydrogen (secondary N) is 1. The fourth-order valence-corrected chi connectivity index (χ4v) is 1.44. The molecule has 0 saturated heterocycles. The van der Waals surface area contributed by atoms with E-state index in [1.165, 1.54) is 0 Å². The van der Waals surface area contributed by atoms with Crippen LogP contribution in [0, 0.1) is 13.8 Å². The molecule has 6 heteroatoms. The lowest BCUT2D eigenvalue weighted by Gasteiger charge is -2.07. The van der Waals surface area contributed by atoms with Crippen LogP contribution in [0.3, 0.4) is 0 Å². The molecule has 14 heavy (non-hydrogen) atoms.